The van der Waals surface area contributed by atoms with Crippen molar-refractivity contribution in [1.82, 2.24) is 0 Å². The molecule has 3 aromatic rings. The average molecular weight is 332 g/mol. The highest BCUT2D eigenvalue weighted by Crippen LogP contribution is 2.29. The molecule has 0 radical (unpaired) electrons. The molecular formula is C21H20N2O2. The maximum atomic E-state index is 5.34. The van der Waals surface area contributed by atoms with Crippen molar-refractivity contribution in [2.24, 2.45) is 5.10 Å². The van der Waals surface area contributed by atoms with E-state index in [1.54, 1.807) is 14.2 Å². The fourth-order valence-electron chi connectivity index (χ4n) is 2.51. The zero-order chi connectivity index (χ0) is 17.5. The van der Waals surface area contributed by atoms with Crippen LogP contribution in [0.4, 0.5) is 5.69 Å². The van der Waals surface area contributed by atoms with Gasteiger partial charge in [0.15, 0.2) is 11.5 Å². The molecule has 0 aliphatic rings. The Kier molecular flexibility index (Phi) is 5.32. The lowest BCUT2D eigenvalue weighted by atomic mass is 10.0. The number of nitrogens with one attached hydrogen (secondary N) is 1. The summed E-state index contributed by atoms with van der Waals surface area (Å²) >= 11 is 0. The molecule has 0 aromatic heterocycles. The Morgan fingerprint density at radius 2 is 1.28 bits per heavy atom. The van der Waals surface area contributed by atoms with Crippen LogP contribution in [0.3, 0.4) is 0 Å². The highest BCUT2D eigenvalue weighted by Gasteiger charge is 2.08. The summed E-state index contributed by atoms with van der Waals surface area (Å²) in [5.74, 6) is 1.34. The van der Waals surface area contributed by atoms with Crippen LogP contribution < -0.4 is 14.9 Å². The van der Waals surface area contributed by atoms with Gasteiger partial charge < -0.3 is 9.47 Å². The van der Waals surface area contributed by atoms with Gasteiger partial charge in [-0.1, -0.05) is 60.7 Å². The van der Waals surface area contributed by atoms with Crippen LogP contribution in [-0.4, -0.2) is 19.9 Å². The van der Waals surface area contributed by atoms with Crippen molar-refractivity contribution >= 4 is 11.4 Å². The molecule has 4 heteroatoms. The Balaban J connectivity index is 1.94. The van der Waals surface area contributed by atoms with Crippen LogP contribution in [0, 0.1) is 0 Å². The number of hydrogen-bond donors (Lipinski definition) is 1. The van der Waals surface area contributed by atoms with Gasteiger partial charge in [-0.05, 0) is 12.1 Å². The Bertz CT molecular complexity index is 805. The van der Waals surface area contributed by atoms with Crippen molar-refractivity contribution < 1.29 is 9.47 Å². The molecule has 0 saturated carbocycles. The Labute approximate surface area is 147 Å². The standard InChI is InChI=1S/C21H20N2O2/c1-24-19-14-13-18(15-20(19)25-2)22-23-21(16-9-5-3-6-10-16)17-11-7-4-8-12-17/h3-15,22H,1-2H3. The van der Waals surface area contributed by atoms with E-state index >= 15 is 0 Å². The van der Waals surface area contributed by atoms with E-state index in [1.807, 2.05) is 78.9 Å². The molecular weight excluding hydrogens is 312 g/mol. The maximum Gasteiger partial charge on any atom is 0.162 e. The lowest BCUT2D eigenvalue weighted by molar-refractivity contribution is 0.355. The van der Waals surface area contributed by atoms with Gasteiger partial charge >= 0.3 is 0 Å². The number of rotatable bonds is 6. The topological polar surface area (TPSA) is 42.8 Å². The average Bonchev–Trinajstić information content (AvgIpc) is 2.69. The first-order valence-corrected chi connectivity index (χ1v) is 7.98. The van der Waals surface area contributed by atoms with Crippen molar-refractivity contribution in [3.63, 3.8) is 0 Å². The number of hydrazone groups is 1. The second-order valence-electron chi connectivity index (χ2n) is 5.37. The summed E-state index contributed by atoms with van der Waals surface area (Å²) < 4.78 is 10.6. The zero-order valence-electron chi connectivity index (χ0n) is 14.3. The number of ether oxygens (including phenoxy) is 2. The normalized spacial score (nSPS) is 10.0. The van der Waals surface area contributed by atoms with Crippen LogP contribution in [0.2, 0.25) is 0 Å². The smallest absolute Gasteiger partial charge is 0.162 e. The van der Waals surface area contributed by atoms with Gasteiger partial charge in [0.1, 0.15) is 0 Å². The van der Waals surface area contributed by atoms with Crippen molar-refractivity contribution in [3.05, 3.63) is 90.0 Å². The molecule has 0 aliphatic carbocycles. The molecule has 0 amide bonds. The first-order chi connectivity index (χ1) is 12.3. The monoisotopic (exact) mass is 332 g/mol. The van der Waals surface area contributed by atoms with E-state index in [2.05, 4.69) is 10.5 Å². The molecule has 1 N–H and O–H groups in total. The molecule has 0 heterocycles. The minimum atomic E-state index is 0.656. The largest absolute Gasteiger partial charge is 0.493 e. The van der Waals surface area contributed by atoms with Crippen LogP contribution >= 0.6 is 0 Å². The van der Waals surface area contributed by atoms with Gasteiger partial charge in [-0.25, -0.2) is 0 Å². The number of methoxy groups -OCH3 is 2. The van der Waals surface area contributed by atoms with E-state index in [0.717, 1.165) is 22.5 Å². The second kappa shape index (κ2) is 8.02. The van der Waals surface area contributed by atoms with Crippen molar-refractivity contribution in [2.75, 3.05) is 19.6 Å². The van der Waals surface area contributed by atoms with Crippen LogP contribution in [0.25, 0.3) is 0 Å². The van der Waals surface area contributed by atoms with Crippen molar-refractivity contribution in [3.8, 4) is 11.5 Å². The lowest BCUT2D eigenvalue weighted by Gasteiger charge is -2.11. The van der Waals surface area contributed by atoms with Gasteiger partial charge in [-0.3, -0.25) is 5.43 Å². The SMILES string of the molecule is COc1ccc(NN=C(c2ccccc2)c2ccccc2)cc1OC. The van der Waals surface area contributed by atoms with Crippen molar-refractivity contribution in [2.45, 2.75) is 0 Å². The number of anilines is 1. The number of benzene rings is 3. The minimum absolute atomic E-state index is 0.656. The van der Waals surface area contributed by atoms with Gasteiger partial charge in [-0.2, -0.15) is 5.10 Å². The third-order valence-electron chi connectivity index (χ3n) is 3.77. The Morgan fingerprint density at radius 1 is 0.720 bits per heavy atom. The molecule has 0 spiro atoms. The summed E-state index contributed by atoms with van der Waals surface area (Å²) in [6.07, 6.45) is 0. The molecule has 126 valence electrons. The molecule has 0 fully saturated rings. The molecule has 0 bridgehead atoms. The van der Waals surface area contributed by atoms with Gasteiger partial charge in [-0.15, -0.1) is 0 Å². The van der Waals surface area contributed by atoms with Crippen LogP contribution in [0.15, 0.2) is 84.0 Å². The second-order valence-corrected chi connectivity index (χ2v) is 5.37. The van der Waals surface area contributed by atoms with Gasteiger partial charge in [0, 0.05) is 17.2 Å². The zero-order valence-corrected chi connectivity index (χ0v) is 14.3. The molecule has 25 heavy (non-hydrogen) atoms. The third-order valence-corrected chi connectivity index (χ3v) is 3.77. The van der Waals surface area contributed by atoms with Crippen LogP contribution in [0.5, 0.6) is 11.5 Å². The van der Waals surface area contributed by atoms with E-state index in [-0.39, 0.29) is 0 Å². The van der Waals surface area contributed by atoms with Crippen LogP contribution in [0.1, 0.15) is 11.1 Å². The summed E-state index contributed by atoms with van der Waals surface area (Å²) in [4.78, 5) is 0. The fourth-order valence-corrected chi connectivity index (χ4v) is 2.51. The summed E-state index contributed by atoms with van der Waals surface area (Å²) in [6, 6.07) is 25.8. The van der Waals surface area contributed by atoms with Gasteiger partial charge in [0.05, 0.1) is 25.6 Å². The van der Waals surface area contributed by atoms with Crippen LogP contribution in [-0.2, 0) is 0 Å². The predicted octanol–water partition coefficient (Wildman–Crippen LogP) is 4.57. The van der Waals surface area contributed by atoms with E-state index in [0.29, 0.717) is 11.5 Å². The molecule has 0 aliphatic heterocycles. The van der Waals surface area contributed by atoms with Gasteiger partial charge in [0.25, 0.3) is 0 Å². The molecule has 0 saturated heterocycles. The Hall–Kier alpha value is -3.27. The van der Waals surface area contributed by atoms with E-state index in [4.69, 9.17) is 9.47 Å². The van der Waals surface area contributed by atoms with Crippen molar-refractivity contribution in [1.29, 1.82) is 0 Å². The maximum absolute atomic E-state index is 5.34. The summed E-state index contributed by atoms with van der Waals surface area (Å²) in [6.45, 7) is 0. The highest BCUT2D eigenvalue weighted by atomic mass is 16.5. The molecule has 0 atom stereocenters. The fraction of sp³-hybridized carbons (Fsp3) is 0.0952. The Morgan fingerprint density at radius 3 is 1.80 bits per heavy atom. The highest BCUT2D eigenvalue weighted by molar-refractivity contribution is 6.13. The minimum Gasteiger partial charge on any atom is -0.493 e. The van der Waals surface area contributed by atoms with E-state index < -0.39 is 0 Å². The predicted molar refractivity (Wildman–Crippen MR) is 102 cm³/mol. The number of hydrogen-bond acceptors (Lipinski definition) is 4. The molecule has 0 unspecified atom stereocenters. The summed E-state index contributed by atoms with van der Waals surface area (Å²) in [7, 11) is 3.23. The number of nitrogens with zero attached hydrogens (tertiary/aromatic N) is 1. The summed E-state index contributed by atoms with van der Waals surface area (Å²) in [5, 5.41) is 4.64. The molecule has 4 nitrogen and oxygen atoms in total. The third kappa shape index (κ3) is 3.98. The van der Waals surface area contributed by atoms with E-state index in [9.17, 15) is 0 Å². The lowest BCUT2D eigenvalue weighted by Crippen LogP contribution is -2.06. The first-order valence-electron chi connectivity index (χ1n) is 7.98. The van der Waals surface area contributed by atoms with Gasteiger partial charge in [0.2, 0.25) is 0 Å². The quantitative estimate of drug-likeness (QED) is 0.531. The molecule has 3 aromatic carbocycles. The summed E-state index contributed by atoms with van der Waals surface area (Å²) in [5.41, 5.74) is 6.90. The first kappa shape index (κ1) is 16.6. The van der Waals surface area contributed by atoms with E-state index in [1.165, 1.54) is 0 Å². The molecule has 3 rings (SSSR count).